The number of ether oxygens (including phenoxy) is 1. The molecule has 1 saturated heterocycles. The molecule has 2 unspecified atom stereocenters. The Bertz CT molecular complexity index is 405. The number of hydrogen-bond donors (Lipinski definition) is 0. The molecule has 1 aliphatic rings. The Morgan fingerprint density at radius 3 is 2.59 bits per heavy atom. The summed E-state index contributed by atoms with van der Waals surface area (Å²) in [6.45, 7) is 3.93. The van der Waals surface area contributed by atoms with Crippen LogP contribution in [0, 0.1) is 16.7 Å². The van der Waals surface area contributed by atoms with Crippen LogP contribution >= 0.6 is 0 Å². The van der Waals surface area contributed by atoms with Gasteiger partial charge in [0.15, 0.2) is 0 Å². The zero-order chi connectivity index (χ0) is 12.3. The van der Waals surface area contributed by atoms with Crippen molar-refractivity contribution in [1.29, 1.82) is 5.26 Å². The van der Waals surface area contributed by atoms with Gasteiger partial charge >= 0.3 is 0 Å². The fourth-order valence-corrected chi connectivity index (χ4v) is 2.34. The number of nitrogens with zero attached hydrogens (tertiary/aromatic N) is 1. The van der Waals surface area contributed by atoms with E-state index in [0.717, 1.165) is 19.3 Å². The van der Waals surface area contributed by atoms with Crippen LogP contribution in [0.2, 0.25) is 0 Å². The highest BCUT2D eigenvalue weighted by Crippen LogP contribution is 2.37. The molecule has 1 aromatic carbocycles. The summed E-state index contributed by atoms with van der Waals surface area (Å²) in [6, 6.07) is 12.7. The topological polar surface area (TPSA) is 33.0 Å². The van der Waals surface area contributed by atoms with E-state index in [0.29, 0.717) is 0 Å². The first-order valence-corrected chi connectivity index (χ1v) is 6.25. The molecule has 0 spiro atoms. The van der Waals surface area contributed by atoms with E-state index >= 15 is 0 Å². The zero-order valence-electron chi connectivity index (χ0n) is 10.5. The van der Waals surface area contributed by atoms with Gasteiger partial charge in [0.25, 0.3) is 0 Å². The van der Waals surface area contributed by atoms with E-state index in [9.17, 15) is 5.26 Å². The van der Waals surface area contributed by atoms with E-state index < -0.39 is 5.41 Å². The third-order valence-corrected chi connectivity index (χ3v) is 3.53. The molecule has 0 amide bonds. The Morgan fingerprint density at radius 1 is 1.24 bits per heavy atom. The highest BCUT2D eigenvalue weighted by molar-refractivity contribution is 5.18. The monoisotopic (exact) mass is 229 g/mol. The van der Waals surface area contributed by atoms with Crippen LogP contribution in [0.15, 0.2) is 30.3 Å². The van der Waals surface area contributed by atoms with Crippen molar-refractivity contribution in [2.24, 2.45) is 5.41 Å². The standard InChI is InChI=1S/C15H19NO/c1-15(2,11-16)14-10-6-9-13(17-14)12-7-4-3-5-8-12/h3-5,7-8,13-14H,6,9-10H2,1-2H3. The maximum Gasteiger partial charge on any atom is 0.0829 e. The fraction of sp³-hybridized carbons (Fsp3) is 0.533. The minimum atomic E-state index is -0.395. The van der Waals surface area contributed by atoms with Crippen molar-refractivity contribution in [3.8, 4) is 6.07 Å². The van der Waals surface area contributed by atoms with Crippen molar-refractivity contribution in [3.05, 3.63) is 35.9 Å². The van der Waals surface area contributed by atoms with Crippen molar-refractivity contribution in [3.63, 3.8) is 0 Å². The molecule has 2 heteroatoms. The van der Waals surface area contributed by atoms with E-state index in [1.54, 1.807) is 0 Å². The molecule has 1 fully saturated rings. The lowest BCUT2D eigenvalue weighted by atomic mass is 9.83. The van der Waals surface area contributed by atoms with Crippen molar-refractivity contribution in [2.75, 3.05) is 0 Å². The zero-order valence-corrected chi connectivity index (χ0v) is 10.5. The summed E-state index contributed by atoms with van der Waals surface area (Å²) in [5, 5.41) is 9.17. The van der Waals surface area contributed by atoms with E-state index in [2.05, 4.69) is 18.2 Å². The normalized spacial score (nSPS) is 25.2. The highest BCUT2D eigenvalue weighted by Gasteiger charge is 2.35. The number of hydrogen-bond acceptors (Lipinski definition) is 2. The van der Waals surface area contributed by atoms with Crippen LogP contribution in [0.5, 0.6) is 0 Å². The van der Waals surface area contributed by atoms with Gasteiger partial charge in [-0.25, -0.2) is 0 Å². The minimum Gasteiger partial charge on any atom is -0.369 e. The summed E-state index contributed by atoms with van der Waals surface area (Å²) in [4.78, 5) is 0. The van der Waals surface area contributed by atoms with Gasteiger partial charge in [-0.3, -0.25) is 0 Å². The molecule has 2 nitrogen and oxygen atoms in total. The van der Waals surface area contributed by atoms with Crippen LogP contribution < -0.4 is 0 Å². The molecule has 0 aromatic heterocycles. The first-order chi connectivity index (χ1) is 8.13. The summed E-state index contributed by atoms with van der Waals surface area (Å²) in [5.74, 6) is 0. The smallest absolute Gasteiger partial charge is 0.0829 e. The lowest BCUT2D eigenvalue weighted by Gasteiger charge is -2.36. The van der Waals surface area contributed by atoms with Gasteiger partial charge in [-0.05, 0) is 38.7 Å². The molecule has 2 atom stereocenters. The Balaban J connectivity index is 2.11. The molecule has 0 radical (unpaired) electrons. The molecule has 2 rings (SSSR count). The summed E-state index contributed by atoms with van der Waals surface area (Å²) < 4.78 is 6.11. The van der Waals surface area contributed by atoms with Gasteiger partial charge in [-0.2, -0.15) is 5.26 Å². The maximum absolute atomic E-state index is 9.17. The fourth-order valence-electron chi connectivity index (χ4n) is 2.34. The third-order valence-electron chi connectivity index (χ3n) is 3.53. The van der Waals surface area contributed by atoms with Gasteiger partial charge in [-0.15, -0.1) is 0 Å². The molecule has 0 saturated carbocycles. The SMILES string of the molecule is CC(C)(C#N)C1CCCC(c2ccccc2)O1. The average molecular weight is 229 g/mol. The second-order valence-electron chi connectivity index (χ2n) is 5.29. The second-order valence-corrected chi connectivity index (χ2v) is 5.29. The van der Waals surface area contributed by atoms with Crippen molar-refractivity contribution in [1.82, 2.24) is 0 Å². The molecule has 0 N–H and O–H groups in total. The number of rotatable bonds is 2. The average Bonchev–Trinajstić information content (AvgIpc) is 2.40. The Hall–Kier alpha value is -1.33. The van der Waals surface area contributed by atoms with Crippen LogP contribution in [-0.2, 0) is 4.74 Å². The van der Waals surface area contributed by atoms with Crippen LogP contribution in [-0.4, -0.2) is 6.10 Å². The Kier molecular flexibility index (Phi) is 3.49. The minimum absolute atomic E-state index is 0.0476. The highest BCUT2D eigenvalue weighted by atomic mass is 16.5. The van der Waals surface area contributed by atoms with Crippen molar-refractivity contribution < 1.29 is 4.74 Å². The Labute approximate surface area is 103 Å². The van der Waals surface area contributed by atoms with Crippen LogP contribution in [0.1, 0.15) is 44.8 Å². The second kappa shape index (κ2) is 4.89. The molecule has 0 bridgehead atoms. The lowest BCUT2D eigenvalue weighted by molar-refractivity contribution is -0.0900. The van der Waals surface area contributed by atoms with Crippen LogP contribution in [0.25, 0.3) is 0 Å². The molecule has 1 aromatic rings. The maximum atomic E-state index is 9.17. The molecular weight excluding hydrogens is 210 g/mol. The van der Waals surface area contributed by atoms with Gasteiger partial charge in [0.1, 0.15) is 0 Å². The summed E-state index contributed by atoms with van der Waals surface area (Å²) in [5.41, 5.74) is 0.832. The van der Waals surface area contributed by atoms with Gasteiger partial charge in [0.05, 0.1) is 23.7 Å². The molecule has 1 aliphatic heterocycles. The molecular formula is C15H19NO. The molecule has 17 heavy (non-hydrogen) atoms. The first kappa shape index (κ1) is 12.1. The summed E-state index contributed by atoms with van der Waals surface area (Å²) in [6.07, 6.45) is 3.38. The molecule has 90 valence electrons. The van der Waals surface area contributed by atoms with Crippen LogP contribution in [0.3, 0.4) is 0 Å². The largest absolute Gasteiger partial charge is 0.369 e. The Morgan fingerprint density at radius 2 is 1.94 bits per heavy atom. The van der Waals surface area contributed by atoms with Crippen molar-refractivity contribution >= 4 is 0 Å². The lowest BCUT2D eigenvalue weighted by Crippen LogP contribution is -2.34. The van der Waals surface area contributed by atoms with Gasteiger partial charge in [0, 0.05) is 0 Å². The quantitative estimate of drug-likeness (QED) is 0.771. The van der Waals surface area contributed by atoms with E-state index in [4.69, 9.17) is 4.74 Å². The summed E-state index contributed by atoms with van der Waals surface area (Å²) in [7, 11) is 0. The van der Waals surface area contributed by atoms with E-state index in [1.165, 1.54) is 5.56 Å². The van der Waals surface area contributed by atoms with Gasteiger partial charge < -0.3 is 4.74 Å². The molecule has 0 aliphatic carbocycles. The predicted octanol–water partition coefficient (Wildman–Crippen LogP) is 3.85. The van der Waals surface area contributed by atoms with E-state index in [1.807, 2.05) is 32.0 Å². The summed E-state index contributed by atoms with van der Waals surface area (Å²) >= 11 is 0. The number of nitriles is 1. The number of benzene rings is 1. The first-order valence-electron chi connectivity index (χ1n) is 6.25. The van der Waals surface area contributed by atoms with E-state index in [-0.39, 0.29) is 12.2 Å². The third kappa shape index (κ3) is 2.68. The van der Waals surface area contributed by atoms with Gasteiger partial charge in [0.2, 0.25) is 0 Å². The van der Waals surface area contributed by atoms with Crippen molar-refractivity contribution in [2.45, 2.75) is 45.3 Å². The van der Waals surface area contributed by atoms with Gasteiger partial charge in [-0.1, -0.05) is 30.3 Å². The predicted molar refractivity (Wildman–Crippen MR) is 67.3 cm³/mol. The van der Waals surface area contributed by atoms with Crippen LogP contribution in [0.4, 0.5) is 0 Å². The molecule has 1 heterocycles.